The molecule has 192 valence electrons. The van der Waals surface area contributed by atoms with Gasteiger partial charge in [0.05, 0.1) is 25.3 Å². The minimum Gasteiger partial charge on any atom is -0.493 e. The molecule has 0 saturated carbocycles. The first-order valence-corrected chi connectivity index (χ1v) is 11.1. The number of aromatic nitrogens is 1. The summed E-state index contributed by atoms with van der Waals surface area (Å²) in [5.74, 6) is 2.12. The zero-order chi connectivity index (χ0) is 26.6. The number of nitrogens with zero attached hydrogens (tertiary/aromatic N) is 1. The molecule has 1 atom stereocenters. The lowest BCUT2D eigenvalue weighted by Crippen LogP contribution is -2.16. The molecular weight excluding hydrogens is 489 g/mol. The normalized spacial score (nSPS) is 12.1. The van der Waals surface area contributed by atoms with Gasteiger partial charge in [-0.25, -0.2) is 4.79 Å². The second-order valence-corrected chi connectivity index (χ2v) is 7.96. The molecule has 1 N–H and O–H groups in total. The number of rotatable bonds is 7. The van der Waals surface area contributed by atoms with Gasteiger partial charge in [-0.05, 0) is 61.0 Å². The number of hydrogen-bond donors (Lipinski definition) is 1. The largest absolute Gasteiger partial charge is 0.493 e. The highest BCUT2D eigenvalue weighted by Gasteiger charge is 2.31. The zero-order valence-corrected chi connectivity index (χ0v) is 20.1. The lowest BCUT2D eigenvalue weighted by Gasteiger charge is -2.16. The molecule has 0 aliphatic rings. The Morgan fingerprint density at radius 3 is 2.30 bits per heavy atom. The first-order valence-electron chi connectivity index (χ1n) is 11.1. The van der Waals surface area contributed by atoms with Crippen molar-refractivity contribution in [3.63, 3.8) is 0 Å². The molecule has 4 aromatic rings. The first kappa shape index (κ1) is 25.6. The topological polar surface area (TPSA) is 78.9 Å². The van der Waals surface area contributed by atoms with Crippen LogP contribution >= 0.6 is 0 Å². The van der Waals surface area contributed by atoms with Gasteiger partial charge < -0.3 is 18.9 Å². The van der Waals surface area contributed by atoms with Gasteiger partial charge in [0, 0.05) is 23.3 Å². The minimum atomic E-state index is -4.48. The number of benzene rings is 3. The maximum absolute atomic E-state index is 12.9. The molecule has 0 radical (unpaired) electrons. The smallest absolute Gasteiger partial charge is 0.416 e. The third kappa shape index (κ3) is 6.03. The van der Waals surface area contributed by atoms with Crippen molar-refractivity contribution in [3.05, 3.63) is 84.1 Å². The van der Waals surface area contributed by atoms with E-state index < -0.39 is 23.9 Å². The summed E-state index contributed by atoms with van der Waals surface area (Å²) in [6, 6.07) is 16.4. The summed E-state index contributed by atoms with van der Waals surface area (Å²) in [6.45, 7) is 1.50. The molecule has 0 fully saturated rings. The van der Waals surface area contributed by atoms with Gasteiger partial charge in [0.15, 0.2) is 11.5 Å². The summed E-state index contributed by atoms with van der Waals surface area (Å²) >= 11 is 0. The van der Waals surface area contributed by atoms with Gasteiger partial charge in [-0.1, -0.05) is 12.1 Å². The predicted molar refractivity (Wildman–Crippen MR) is 131 cm³/mol. The molecule has 0 saturated heterocycles. The fraction of sp³-hybridized carbons (Fsp3) is 0.185. The third-order valence-electron chi connectivity index (χ3n) is 5.50. The monoisotopic (exact) mass is 512 g/mol. The van der Waals surface area contributed by atoms with E-state index in [4.69, 9.17) is 18.9 Å². The summed E-state index contributed by atoms with van der Waals surface area (Å²) in [5.41, 5.74) is 0.495. The summed E-state index contributed by atoms with van der Waals surface area (Å²) in [6.07, 6.45) is -4.56. The van der Waals surface area contributed by atoms with E-state index in [0.717, 1.165) is 17.5 Å². The van der Waals surface area contributed by atoms with E-state index in [9.17, 15) is 18.0 Å². The van der Waals surface area contributed by atoms with Crippen LogP contribution in [0.2, 0.25) is 0 Å². The summed E-state index contributed by atoms with van der Waals surface area (Å²) in [5, 5.41) is 3.27. The van der Waals surface area contributed by atoms with Crippen LogP contribution in [0.5, 0.6) is 23.0 Å². The zero-order valence-electron chi connectivity index (χ0n) is 20.1. The lowest BCUT2D eigenvalue weighted by atomic mass is 10.1. The van der Waals surface area contributed by atoms with Crippen LogP contribution < -0.4 is 19.5 Å². The fourth-order valence-electron chi connectivity index (χ4n) is 3.61. The highest BCUT2D eigenvalue weighted by atomic mass is 19.4. The van der Waals surface area contributed by atoms with E-state index in [2.05, 4.69) is 10.3 Å². The molecule has 1 aromatic heterocycles. The number of amides is 1. The van der Waals surface area contributed by atoms with Crippen LogP contribution in [0.1, 0.15) is 24.2 Å². The molecule has 1 heterocycles. The van der Waals surface area contributed by atoms with Crippen molar-refractivity contribution < 1.29 is 36.9 Å². The van der Waals surface area contributed by atoms with Crippen LogP contribution in [0.3, 0.4) is 0 Å². The van der Waals surface area contributed by atoms with E-state index in [1.54, 1.807) is 55.8 Å². The molecule has 10 heteroatoms. The van der Waals surface area contributed by atoms with E-state index in [-0.39, 0.29) is 5.56 Å². The predicted octanol–water partition coefficient (Wildman–Crippen LogP) is 7.37. The Hall–Kier alpha value is -4.47. The van der Waals surface area contributed by atoms with Gasteiger partial charge in [0.25, 0.3) is 0 Å². The van der Waals surface area contributed by atoms with E-state index in [1.807, 2.05) is 0 Å². The second kappa shape index (κ2) is 10.7. The average Bonchev–Trinajstić information content (AvgIpc) is 2.88. The highest BCUT2D eigenvalue weighted by Crippen LogP contribution is 2.37. The third-order valence-corrected chi connectivity index (χ3v) is 5.50. The maximum Gasteiger partial charge on any atom is 0.416 e. The molecule has 0 aliphatic carbocycles. The number of carbonyl (C=O) groups is 1. The number of halogens is 3. The molecule has 37 heavy (non-hydrogen) atoms. The van der Waals surface area contributed by atoms with Crippen LogP contribution in [0.25, 0.3) is 10.9 Å². The Balaban J connectivity index is 1.42. The number of carbonyl (C=O) groups excluding carboxylic acids is 1. The van der Waals surface area contributed by atoms with Crippen LogP contribution in [-0.4, -0.2) is 25.3 Å². The van der Waals surface area contributed by atoms with Crippen LogP contribution in [0.4, 0.5) is 23.7 Å². The molecule has 4 rings (SSSR count). The Morgan fingerprint density at radius 2 is 1.62 bits per heavy atom. The van der Waals surface area contributed by atoms with E-state index in [1.165, 1.54) is 26.2 Å². The number of hydrogen-bond acceptors (Lipinski definition) is 6. The van der Waals surface area contributed by atoms with Gasteiger partial charge in [0.2, 0.25) is 0 Å². The Morgan fingerprint density at radius 1 is 0.919 bits per heavy atom. The van der Waals surface area contributed by atoms with Crippen molar-refractivity contribution in [3.8, 4) is 23.0 Å². The van der Waals surface area contributed by atoms with Crippen molar-refractivity contribution in [1.29, 1.82) is 0 Å². The van der Waals surface area contributed by atoms with Gasteiger partial charge in [-0.2, -0.15) is 13.2 Å². The summed E-state index contributed by atoms with van der Waals surface area (Å²) < 4.78 is 60.8. The van der Waals surface area contributed by atoms with Crippen molar-refractivity contribution in [2.45, 2.75) is 19.2 Å². The number of alkyl halides is 3. The van der Waals surface area contributed by atoms with Crippen molar-refractivity contribution in [2.75, 3.05) is 19.5 Å². The summed E-state index contributed by atoms with van der Waals surface area (Å²) in [7, 11) is 3.08. The molecule has 1 amide bonds. The number of nitrogens with one attached hydrogen (secondary N) is 1. The minimum absolute atomic E-state index is 0.229. The number of anilines is 1. The van der Waals surface area contributed by atoms with Gasteiger partial charge in [-0.15, -0.1) is 0 Å². The quantitative estimate of drug-likeness (QED) is 0.279. The maximum atomic E-state index is 12.9. The van der Waals surface area contributed by atoms with E-state index in [0.29, 0.717) is 34.2 Å². The van der Waals surface area contributed by atoms with Gasteiger partial charge in [0.1, 0.15) is 17.6 Å². The Kier molecular flexibility index (Phi) is 7.37. The van der Waals surface area contributed by atoms with Gasteiger partial charge >= 0.3 is 12.3 Å². The van der Waals surface area contributed by atoms with Crippen LogP contribution in [0.15, 0.2) is 72.9 Å². The number of ether oxygens (including phenoxy) is 4. The van der Waals surface area contributed by atoms with Crippen LogP contribution in [-0.2, 0) is 10.9 Å². The number of fused-ring (bicyclic) bond motifs is 1. The number of methoxy groups -OCH3 is 2. The summed E-state index contributed by atoms with van der Waals surface area (Å²) in [4.78, 5) is 16.6. The molecule has 1 unspecified atom stereocenters. The second-order valence-electron chi connectivity index (χ2n) is 7.96. The average molecular weight is 512 g/mol. The van der Waals surface area contributed by atoms with E-state index >= 15 is 0 Å². The SMILES string of the molecule is COc1cc2nccc(Oc3ccc(NC(=O)OC(C)c4cccc(C(F)(F)F)c4)cc3)c2cc1OC. The van der Waals surface area contributed by atoms with Crippen molar-refractivity contribution in [1.82, 2.24) is 4.98 Å². The highest BCUT2D eigenvalue weighted by molar-refractivity contribution is 5.88. The van der Waals surface area contributed by atoms with Gasteiger partial charge in [-0.3, -0.25) is 10.3 Å². The standard InChI is InChI=1S/C27H23F3N2O5/c1-16(17-5-4-6-18(13-17)27(28,29)30)36-26(33)32-19-7-9-20(10-8-19)37-23-11-12-31-22-15-25(35-3)24(34-2)14-21(22)23/h4-16H,1-3H3,(H,32,33). The molecule has 0 aliphatic heterocycles. The molecule has 0 spiro atoms. The molecular formula is C27H23F3N2O5. The van der Waals surface area contributed by atoms with Crippen LogP contribution in [0, 0.1) is 0 Å². The fourth-order valence-corrected chi connectivity index (χ4v) is 3.61. The first-order chi connectivity index (χ1) is 17.7. The number of pyridine rings is 1. The molecule has 0 bridgehead atoms. The molecule has 7 nitrogen and oxygen atoms in total. The van der Waals surface area contributed by atoms with Crippen molar-refractivity contribution >= 4 is 22.7 Å². The molecule has 3 aromatic carbocycles. The Labute approximate surface area is 210 Å². The van der Waals surface area contributed by atoms with Crippen molar-refractivity contribution in [2.24, 2.45) is 0 Å². The lowest BCUT2D eigenvalue weighted by molar-refractivity contribution is -0.137. The Bertz CT molecular complexity index is 1410.